The number of benzene rings is 1. The molecule has 0 spiro atoms. The molecule has 72 valence electrons. The zero-order valence-electron chi connectivity index (χ0n) is 7.03. The number of nitrogens with zero attached hydrogens (tertiary/aromatic N) is 1. The lowest BCUT2D eigenvalue weighted by atomic mass is 10.3. The highest BCUT2D eigenvalue weighted by Crippen LogP contribution is 2.25. The monoisotopic (exact) mass is 255 g/mol. The highest BCUT2D eigenvalue weighted by atomic mass is 79.9. The number of hydrogen-bond donors (Lipinski definition) is 1. The van der Waals surface area contributed by atoms with E-state index in [1.807, 2.05) is 0 Å². The maximum Gasteiger partial charge on any atom is 0.265 e. The molecule has 1 aromatic heterocycles. The van der Waals surface area contributed by atoms with E-state index in [0.717, 1.165) is 0 Å². The molecule has 0 bridgehead atoms. The minimum atomic E-state index is -0.249. The van der Waals surface area contributed by atoms with E-state index in [1.165, 1.54) is 6.07 Å². The van der Waals surface area contributed by atoms with Crippen LogP contribution in [-0.2, 0) is 0 Å². The predicted molar refractivity (Wildman–Crippen MR) is 53.8 cm³/mol. The summed E-state index contributed by atoms with van der Waals surface area (Å²) in [5, 5.41) is 9.54. The first-order valence-electron chi connectivity index (χ1n) is 3.90. The number of aromatic hydroxyl groups is 1. The van der Waals surface area contributed by atoms with E-state index in [2.05, 4.69) is 20.9 Å². The van der Waals surface area contributed by atoms with Crippen molar-refractivity contribution >= 4 is 32.8 Å². The van der Waals surface area contributed by atoms with E-state index in [-0.39, 0.29) is 28.3 Å². The van der Waals surface area contributed by atoms with Crippen molar-refractivity contribution in [3.63, 3.8) is 0 Å². The predicted octanol–water partition coefficient (Wildman–Crippen LogP) is 2.11. The lowest BCUT2D eigenvalue weighted by molar-refractivity contribution is 0.0989. The molecule has 0 aliphatic carbocycles. The fraction of sp³-hybridized carbons (Fsp3) is 0.111. The molecule has 5 heteroatoms. The Morgan fingerprint density at radius 1 is 1.57 bits per heavy atom. The van der Waals surface area contributed by atoms with E-state index < -0.39 is 0 Å². The number of ketones is 1. The second-order valence-corrected chi connectivity index (χ2v) is 3.26. The Hall–Kier alpha value is -1.36. The summed E-state index contributed by atoms with van der Waals surface area (Å²) in [6.07, 6.45) is 0. The molecule has 1 aromatic carbocycles. The molecule has 0 unspecified atom stereocenters. The van der Waals surface area contributed by atoms with Crippen LogP contribution in [0.25, 0.3) is 11.1 Å². The summed E-state index contributed by atoms with van der Waals surface area (Å²) >= 11 is 3.02. The summed E-state index contributed by atoms with van der Waals surface area (Å²) in [6.45, 7) is 0. The van der Waals surface area contributed by atoms with Gasteiger partial charge >= 0.3 is 0 Å². The summed E-state index contributed by atoms with van der Waals surface area (Å²) in [4.78, 5) is 15.1. The second kappa shape index (κ2) is 3.42. The number of para-hydroxylation sites is 1. The molecular formula is C9H6BrNO3. The SMILES string of the molecule is O=C(CBr)c1nc2cccc(O)c2o1. The average Bonchev–Trinajstić information content (AvgIpc) is 2.62. The van der Waals surface area contributed by atoms with Crippen LogP contribution in [0.4, 0.5) is 0 Å². The minimum absolute atomic E-state index is 0.0105. The van der Waals surface area contributed by atoms with Crippen LogP contribution < -0.4 is 0 Å². The van der Waals surface area contributed by atoms with Gasteiger partial charge in [-0.15, -0.1) is 0 Å². The highest BCUT2D eigenvalue weighted by Gasteiger charge is 2.14. The van der Waals surface area contributed by atoms with Crippen LogP contribution in [0.5, 0.6) is 5.75 Å². The van der Waals surface area contributed by atoms with Crippen LogP contribution in [0.2, 0.25) is 0 Å². The first-order chi connectivity index (χ1) is 6.72. The molecule has 0 atom stereocenters. The Morgan fingerprint density at radius 3 is 3.00 bits per heavy atom. The molecule has 0 saturated carbocycles. The van der Waals surface area contributed by atoms with Crippen molar-refractivity contribution in [3.8, 4) is 5.75 Å². The Kier molecular flexibility index (Phi) is 2.25. The molecule has 0 saturated heterocycles. The number of phenols is 1. The van der Waals surface area contributed by atoms with Crippen LogP contribution in [0, 0.1) is 0 Å². The Labute approximate surface area is 87.7 Å². The largest absolute Gasteiger partial charge is 0.504 e. The smallest absolute Gasteiger partial charge is 0.265 e. The summed E-state index contributed by atoms with van der Waals surface area (Å²) < 4.78 is 5.11. The van der Waals surface area contributed by atoms with Gasteiger partial charge in [0.25, 0.3) is 5.89 Å². The van der Waals surface area contributed by atoms with Crippen molar-refractivity contribution in [2.24, 2.45) is 0 Å². The number of aromatic nitrogens is 1. The molecule has 4 nitrogen and oxygen atoms in total. The van der Waals surface area contributed by atoms with Crippen molar-refractivity contribution in [2.45, 2.75) is 0 Å². The summed E-state index contributed by atoms with van der Waals surface area (Å²) in [5.41, 5.74) is 0.728. The number of oxazole rings is 1. The quantitative estimate of drug-likeness (QED) is 0.660. The van der Waals surface area contributed by atoms with Gasteiger partial charge in [0.1, 0.15) is 5.52 Å². The number of Topliss-reactive ketones (excluding diaryl/α,β-unsaturated/α-hetero) is 1. The third-order valence-electron chi connectivity index (χ3n) is 1.75. The van der Waals surface area contributed by atoms with Gasteiger partial charge in [-0.05, 0) is 12.1 Å². The molecule has 2 rings (SSSR count). The third kappa shape index (κ3) is 1.39. The van der Waals surface area contributed by atoms with Crippen molar-refractivity contribution < 1.29 is 14.3 Å². The Morgan fingerprint density at radius 2 is 2.36 bits per heavy atom. The van der Waals surface area contributed by atoms with Crippen molar-refractivity contribution in [1.29, 1.82) is 0 Å². The van der Waals surface area contributed by atoms with Gasteiger partial charge in [0.05, 0.1) is 5.33 Å². The van der Waals surface area contributed by atoms with Crippen LogP contribution in [-0.4, -0.2) is 21.2 Å². The number of carbonyl (C=O) groups is 1. The molecule has 14 heavy (non-hydrogen) atoms. The molecule has 2 aromatic rings. The Bertz CT molecular complexity index is 492. The fourth-order valence-electron chi connectivity index (χ4n) is 1.11. The number of phenolic OH excluding ortho intramolecular Hbond substituents is 1. The van der Waals surface area contributed by atoms with Crippen LogP contribution in [0.1, 0.15) is 10.7 Å². The fourth-order valence-corrected chi connectivity index (χ4v) is 1.35. The average molecular weight is 256 g/mol. The molecule has 1 heterocycles. The van der Waals surface area contributed by atoms with Gasteiger partial charge in [-0.3, -0.25) is 4.79 Å². The number of rotatable bonds is 2. The van der Waals surface area contributed by atoms with Crippen LogP contribution in [0.3, 0.4) is 0 Å². The van der Waals surface area contributed by atoms with Gasteiger partial charge in [-0.25, -0.2) is 4.98 Å². The van der Waals surface area contributed by atoms with E-state index >= 15 is 0 Å². The van der Waals surface area contributed by atoms with E-state index in [4.69, 9.17) is 4.42 Å². The number of fused-ring (bicyclic) bond motifs is 1. The van der Waals surface area contributed by atoms with Gasteiger partial charge < -0.3 is 9.52 Å². The summed E-state index contributed by atoms with van der Waals surface area (Å²) in [5.74, 6) is -0.248. The maximum atomic E-state index is 11.2. The molecule has 1 N–H and O–H groups in total. The molecule has 0 fully saturated rings. The van der Waals surface area contributed by atoms with Crippen LogP contribution >= 0.6 is 15.9 Å². The van der Waals surface area contributed by atoms with Crippen molar-refractivity contribution in [2.75, 3.05) is 5.33 Å². The normalized spacial score (nSPS) is 10.6. The van der Waals surface area contributed by atoms with Crippen molar-refractivity contribution in [1.82, 2.24) is 4.98 Å². The van der Waals surface area contributed by atoms with Gasteiger partial charge in [-0.1, -0.05) is 22.0 Å². The first kappa shape index (κ1) is 9.21. The number of halogens is 1. The topological polar surface area (TPSA) is 63.3 Å². The molecule has 0 aliphatic rings. The summed E-state index contributed by atoms with van der Waals surface area (Å²) in [7, 11) is 0. The zero-order valence-corrected chi connectivity index (χ0v) is 8.61. The van der Waals surface area contributed by atoms with Crippen molar-refractivity contribution in [3.05, 3.63) is 24.1 Å². The minimum Gasteiger partial charge on any atom is -0.504 e. The number of hydrogen-bond acceptors (Lipinski definition) is 4. The van der Waals surface area contributed by atoms with Gasteiger partial charge in [0.15, 0.2) is 11.3 Å². The number of alkyl halides is 1. The molecule has 0 amide bonds. The van der Waals surface area contributed by atoms with E-state index in [0.29, 0.717) is 5.52 Å². The van der Waals surface area contributed by atoms with Gasteiger partial charge in [0.2, 0.25) is 5.78 Å². The lowest BCUT2D eigenvalue weighted by Gasteiger charge is -1.88. The summed E-state index contributed by atoms with van der Waals surface area (Å²) in [6, 6.07) is 4.79. The van der Waals surface area contributed by atoms with Crippen LogP contribution in [0.15, 0.2) is 22.6 Å². The van der Waals surface area contributed by atoms with Gasteiger partial charge in [-0.2, -0.15) is 0 Å². The Balaban J connectivity index is 2.62. The molecule has 0 aliphatic heterocycles. The standard InChI is InChI=1S/C9H6BrNO3/c10-4-7(13)9-11-5-2-1-3-6(12)8(5)14-9/h1-3,12H,4H2. The number of carbonyl (C=O) groups excluding carboxylic acids is 1. The first-order valence-corrected chi connectivity index (χ1v) is 5.02. The van der Waals surface area contributed by atoms with E-state index in [1.54, 1.807) is 12.1 Å². The van der Waals surface area contributed by atoms with E-state index in [9.17, 15) is 9.90 Å². The van der Waals surface area contributed by atoms with Gasteiger partial charge in [0, 0.05) is 0 Å². The molecule has 0 radical (unpaired) electrons. The maximum absolute atomic E-state index is 11.2. The third-order valence-corrected chi connectivity index (χ3v) is 2.26. The second-order valence-electron chi connectivity index (χ2n) is 2.70. The zero-order chi connectivity index (χ0) is 10.1. The highest BCUT2D eigenvalue weighted by molar-refractivity contribution is 9.09. The lowest BCUT2D eigenvalue weighted by Crippen LogP contribution is -1.99. The molecular weight excluding hydrogens is 250 g/mol.